The Balaban J connectivity index is 1.91. The zero-order valence-electron chi connectivity index (χ0n) is 16.7. The maximum absolute atomic E-state index is 12.8. The lowest BCUT2D eigenvalue weighted by atomic mass is 10.1. The minimum Gasteiger partial charge on any atom is -0.465 e. The van der Waals surface area contributed by atoms with Crippen molar-refractivity contribution in [2.45, 2.75) is 19.8 Å². The molecule has 0 unspecified atom stereocenters. The van der Waals surface area contributed by atoms with Crippen molar-refractivity contribution in [1.29, 1.82) is 5.26 Å². The van der Waals surface area contributed by atoms with Gasteiger partial charge >= 0.3 is 5.97 Å². The fourth-order valence-electron chi connectivity index (χ4n) is 2.76. The summed E-state index contributed by atoms with van der Waals surface area (Å²) in [6.07, 6.45) is 3.02. The average molecular weight is 420 g/mol. The van der Waals surface area contributed by atoms with Crippen molar-refractivity contribution in [3.8, 4) is 17.3 Å². The molecule has 0 aliphatic carbocycles. The van der Waals surface area contributed by atoms with E-state index >= 15 is 0 Å². The largest absolute Gasteiger partial charge is 0.465 e. The smallest absolute Gasteiger partial charge is 0.340 e. The molecule has 2 aromatic heterocycles. The van der Waals surface area contributed by atoms with Gasteiger partial charge in [-0.1, -0.05) is 44.2 Å². The number of hydrogen-bond donors (Lipinski definition) is 2. The summed E-state index contributed by atoms with van der Waals surface area (Å²) < 4.78 is 4.81. The van der Waals surface area contributed by atoms with Crippen LogP contribution in [0.25, 0.3) is 17.3 Å². The van der Waals surface area contributed by atoms with Gasteiger partial charge in [0.25, 0.3) is 5.91 Å². The third kappa shape index (κ3) is 4.47. The maximum Gasteiger partial charge on any atom is 0.340 e. The number of esters is 1. The highest BCUT2D eigenvalue weighted by atomic mass is 32.1. The lowest BCUT2D eigenvalue weighted by Gasteiger charge is -2.05. The fourth-order valence-corrected chi connectivity index (χ4v) is 3.81. The topological polar surface area (TPSA) is 108 Å². The number of anilines is 1. The van der Waals surface area contributed by atoms with E-state index in [0.29, 0.717) is 16.3 Å². The molecular weight excluding hydrogens is 400 g/mol. The van der Waals surface area contributed by atoms with E-state index in [-0.39, 0.29) is 17.1 Å². The number of nitrogens with one attached hydrogen (secondary N) is 2. The van der Waals surface area contributed by atoms with Crippen molar-refractivity contribution in [1.82, 2.24) is 10.2 Å². The molecule has 8 heteroatoms. The summed E-state index contributed by atoms with van der Waals surface area (Å²) in [5, 5.41) is 19.5. The van der Waals surface area contributed by atoms with Crippen LogP contribution >= 0.6 is 11.3 Å². The summed E-state index contributed by atoms with van der Waals surface area (Å²) in [6.45, 7) is 3.98. The van der Waals surface area contributed by atoms with Gasteiger partial charge in [0.1, 0.15) is 16.6 Å². The first-order valence-corrected chi connectivity index (χ1v) is 10.00. The van der Waals surface area contributed by atoms with Crippen LogP contribution in [-0.4, -0.2) is 29.2 Å². The number of rotatable bonds is 6. The van der Waals surface area contributed by atoms with Gasteiger partial charge in [0.05, 0.1) is 24.6 Å². The average Bonchev–Trinajstić information content (AvgIpc) is 3.39. The number of aromatic amines is 1. The molecule has 1 amide bonds. The number of benzene rings is 1. The summed E-state index contributed by atoms with van der Waals surface area (Å²) in [7, 11) is 1.28. The standard InChI is InChI=1S/C22H20N4O3S/c1-13(2)18-10-17(22(28)29-3)21(30-18)25-20(27)15(11-23)9-16-12-24-26-19(16)14-7-5-4-6-8-14/h4-10,12-13H,1-3H3,(H,24,26)(H,25,27). The fraction of sp³-hybridized carbons (Fsp3) is 0.182. The summed E-state index contributed by atoms with van der Waals surface area (Å²) in [4.78, 5) is 25.8. The molecule has 3 aromatic rings. The van der Waals surface area contributed by atoms with Crippen molar-refractivity contribution >= 4 is 34.3 Å². The molecule has 2 heterocycles. The summed E-state index contributed by atoms with van der Waals surface area (Å²) in [6, 6.07) is 13.1. The molecule has 0 atom stereocenters. The molecule has 7 nitrogen and oxygen atoms in total. The Kier molecular flexibility index (Phi) is 6.45. The van der Waals surface area contributed by atoms with Crippen molar-refractivity contribution in [3.63, 3.8) is 0 Å². The van der Waals surface area contributed by atoms with Crippen LogP contribution < -0.4 is 5.32 Å². The monoisotopic (exact) mass is 420 g/mol. The van der Waals surface area contributed by atoms with Gasteiger partial charge in [0, 0.05) is 16.0 Å². The van der Waals surface area contributed by atoms with Crippen LogP contribution in [0.15, 0.2) is 48.2 Å². The summed E-state index contributed by atoms with van der Waals surface area (Å²) in [5.74, 6) is -0.980. The van der Waals surface area contributed by atoms with Crippen molar-refractivity contribution in [3.05, 3.63) is 64.2 Å². The van der Waals surface area contributed by atoms with Crippen LogP contribution in [0.4, 0.5) is 5.00 Å². The van der Waals surface area contributed by atoms with Gasteiger partial charge in [0.2, 0.25) is 0 Å². The second kappa shape index (κ2) is 9.20. The highest BCUT2D eigenvalue weighted by molar-refractivity contribution is 7.16. The van der Waals surface area contributed by atoms with Crippen LogP contribution in [-0.2, 0) is 9.53 Å². The Morgan fingerprint density at radius 3 is 2.67 bits per heavy atom. The number of thiophene rings is 1. The van der Waals surface area contributed by atoms with Gasteiger partial charge < -0.3 is 10.1 Å². The first kappa shape index (κ1) is 21.0. The number of ether oxygens (including phenoxy) is 1. The normalized spacial score (nSPS) is 11.2. The van der Waals surface area contributed by atoms with E-state index in [9.17, 15) is 14.9 Å². The van der Waals surface area contributed by atoms with Gasteiger partial charge in [-0.3, -0.25) is 9.89 Å². The molecule has 0 aliphatic rings. The summed E-state index contributed by atoms with van der Waals surface area (Å²) >= 11 is 1.29. The number of hydrogen-bond acceptors (Lipinski definition) is 6. The molecule has 3 rings (SSSR count). The number of carbonyl (C=O) groups is 2. The number of nitrogens with zero attached hydrogens (tertiary/aromatic N) is 2. The highest BCUT2D eigenvalue weighted by Gasteiger charge is 2.21. The van der Waals surface area contributed by atoms with Crippen LogP contribution in [0, 0.1) is 11.3 Å². The molecule has 2 N–H and O–H groups in total. The second-order valence-electron chi connectivity index (χ2n) is 6.73. The second-order valence-corrected chi connectivity index (χ2v) is 7.81. The maximum atomic E-state index is 12.8. The Hall–Kier alpha value is -3.70. The molecule has 0 radical (unpaired) electrons. The van der Waals surface area contributed by atoms with E-state index in [2.05, 4.69) is 15.5 Å². The van der Waals surface area contributed by atoms with Crippen molar-refractivity contribution < 1.29 is 14.3 Å². The third-order valence-corrected chi connectivity index (χ3v) is 5.70. The minimum atomic E-state index is -0.611. The minimum absolute atomic E-state index is 0.108. The van der Waals surface area contributed by atoms with Crippen molar-refractivity contribution in [2.24, 2.45) is 0 Å². The first-order valence-electron chi connectivity index (χ1n) is 9.18. The van der Waals surface area contributed by atoms with Gasteiger partial charge in [-0.25, -0.2) is 4.79 Å². The summed E-state index contributed by atoms with van der Waals surface area (Å²) in [5.41, 5.74) is 2.35. The number of nitriles is 1. The number of aromatic nitrogens is 2. The number of carbonyl (C=O) groups excluding carboxylic acids is 2. The highest BCUT2D eigenvalue weighted by Crippen LogP contribution is 2.33. The predicted molar refractivity (Wildman–Crippen MR) is 116 cm³/mol. The SMILES string of the molecule is COC(=O)c1cc(C(C)C)sc1NC(=O)C(C#N)=Cc1cn[nH]c1-c1ccccc1. The van der Waals surface area contributed by atoms with Crippen LogP contribution in [0.1, 0.15) is 40.6 Å². The lowest BCUT2D eigenvalue weighted by molar-refractivity contribution is -0.112. The Bertz CT molecular complexity index is 1140. The quantitative estimate of drug-likeness (QED) is 0.344. The van der Waals surface area contributed by atoms with E-state index in [0.717, 1.165) is 10.4 Å². The Morgan fingerprint density at radius 2 is 2.03 bits per heavy atom. The van der Waals surface area contributed by atoms with E-state index in [1.807, 2.05) is 50.2 Å². The zero-order chi connectivity index (χ0) is 21.7. The van der Waals surface area contributed by atoms with E-state index in [4.69, 9.17) is 4.74 Å². The third-order valence-electron chi connectivity index (χ3n) is 4.35. The van der Waals surface area contributed by atoms with Gasteiger partial charge in [-0.05, 0) is 18.1 Å². The molecule has 0 aliphatic heterocycles. The molecule has 30 heavy (non-hydrogen) atoms. The van der Waals surface area contributed by atoms with Gasteiger partial charge in [-0.2, -0.15) is 10.4 Å². The van der Waals surface area contributed by atoms with Crippen LogP contribution in [0.3, 0.4) is 0 Å². The Morgan fingerprint density at radius 1 is 1.30 bits per heavy atom. The molecule has 0 saturated carbocycles. The van der Waals surface area contributed by atoms with Crippen LogP contribution in [0.5, 0.6) is 0 Å². The van der Waals surface area contributed by atoms with Gasteiger partial charge in [-0.15, -0.1) is 11.3 Å². The molecule has 0 saturated heterocycles. The van der Waals surface area contributed by atoms with E-state index in [1.165, 1.54) is 24.5 Å². The molecule has 0 fully saturated rings. The van der Waals surface area contributed by atoms with E-state index in [1.54, 1.807) is 12.3 Å². The molecule has 0 spiro atoms. The predicted octanol–water partition coefficient (Wildman–Crippen LogP) is 4.59. The molecule has 0 bridgehead atoms. The van der Waals surface area contributed by atoms with Crippen molar-refractivity contribution in [2.75, 3.05) is 12.4 Å². The lowest BCUT2D eigenvalue weighted by Crippen LogP contribution is -2.15. The molecule has 152 valence electrons. The molecular formula is C22H20N4O3S. The number of methoxy groups -OCH3 is 1. The first-order chi connectivity index (χ1) is 14.4. The van der Waals surface area contributed by atoms with Gasteiger partial charge in [0.15, 0.2) is 0 Å². The van der Waals surface area contributed by atoms with E-state index < -0.39 is 11.9 Å². The zero-order valence-corrected chi connectivity index (χ0v) is 17.5. The molecule has 1 aromatic carbocycles. The number of amides is 1. The Labute approximate surface area is 178 Å². The van der Waals surface area contributed by atoms with Crippen LogP contribution in [0.2, 0.25) is 0 Å². The number of H-pyrrole nitrogens is 1.